The summed E-state index contributed by atoms with van der Waals surface area (Å²) in [4.78, 5) is 12.3. The van der Waals surface area contributed by atoms with Crippen molar-refractivity contribution in [1.82, 2.24) is 0 Å². The number of allylic oxidation sites excluding steroid dienone is 2. The van der Waals surface area contributed by atoms with Gasteiger partial charge < -0.3 is 5.32 Å². The molecule has 0 aliphatic heterocycles. The molecule has 0 saturated heterocycles. The summed E-state index contributed by atoms with van der Waals surface area (Å²) < 4.78 is 0. The van der Waals surface area contributed by atoms with E-state index in [1.807, 2.05) is 12.1 Å². The van der Waals surface area contributed by atoms with Crippen LogP contribution in [-0.2, 0) is 4.79 Å². The monoisotopic (exact) mass is 275 g/mol. The van der Waals surface area contributed by atoms with Crippen LogP contribution in [-0.4, -0.2) is 5.91 Å². The summed E-state index contributed by atoms with van der Waals surface area (Å²) in [6.07, 6.45) is 9.04. The van der Waals surface area contributed by atoms with Gasteiger partial charge in [0.05, 0.1) is 0 Å². The lowest BCUT2D eigenvalue weighted by Gasteiger charge is -2.04. The Morgan fingerprint density at radius 1 is 1.05 bits per heavy atom. The second-order valence-corrected chi connectivity index (χ2v) is 5.91. The molecule has 1 aromatic carbocycles. The molecule has 0 bridgehead atoms. The van der Waals surface area contributed by atoms with Crippen molar-refractivity contribution in [2.75, 3.05) is 5.32 Å². The number of hydrogen-bond donors (Lipinski definition) is 1. The predicted molar refractivity (Wildman–Crippen MR) is 78.2 cm³/mol. The molecule has 3 heteroatoms. The Bertz CT molecular complexity index is 478. The lowest BCUT2D eigenvalue weighted by atomic mass is 10.1. The maximum atomic E-state index is 12.3. The first-order valence-electron chi connectivity index (χ1n) is 6.97. The molecule has 19 heavy (non-hydrogen) atoms. The Morgan fingerprint density at radius 3 is 2.21 bits per heavy atom. The number of fused-ring (bicyclic) bond motifs is 1. The summed E-state index contributed by atoms with van der Waals surface area (Å²) in [5, 5.41) is 3.70. The largest absolute Gasteiger partial charge is 0.326 e. The van der Waals surface area contributed by atoms with E-state index in [-0.39, 0.29) is 11.8 Å². The third-order valence-corrected chi connectivity index (χ3v) is 4.50. The van der Waals surface area contributed by atoms with Gasteiger partial charge in [0.15, 0.2) is 0 Å². The van der Waals surface area contributed by atoms with Gasteiger partial charge in [-0.15, -0.1) is 0 Å². The van der Waals surface area contributed by atoms with Gasteiger partial charge in [0.25, 0.3) is 0 Å². The smallest absolute Gasteiger partial charge is 0.228 e. The van der Waals surface area contributed by atoms with Crippen molar-refractivity contribution >= 4 is 23.2 Å². The van der Waals surface area contributed by atoms with Crippen LogP contribution in [0.3, 0.4) is 0 Å². The van der Waals surface area contributed by atoms with Crippen LogP contribution < -0.4 is 5.32 Å². The highest BCUT2D eigenvalue weighted by Crippen LogP contribution is 2.53. The van der Waals surface area contributed by atoms with Gasteiger partial charge in [-0.2, -0.15) is 0 Å². The van der Waals surface area contributed by atoms with Crippen LogP contribution >= 0.6 is 11.6 Å². The van der Waals surface area contributed by atoms with Crippen molar-refractivity contribution in [3.63, 3.8) is 0 Å². The highest BCUT2D eigenvalue weighted by atomic mass is 35.5. The Kier molecular flexibility index (Phi) is 3.61. The molecule has 0 aromatic heterocycles. The van der Waals surface area contributed by atoms with Gasteiger partial charge in [-0.1, -0.05) is 23.8 Å². The summed E-state index contributed by atoms with van der Waals surface area (Å²) in [6, 6.07) is 7.31. The van der Waals surface area contributed by atoms with Gasteiger partial charge in [-0.05, 0) is 61.8 Å². The molecule has 1 N–H and O–H groups in total. The molecule has 0 radical (unpaired) electrons. The van der Waals surface area contributed by atoms with E-state index in [1.54, 1.807) is 12.1 Å². The molecule has 1 saturated carbocycles. The van der Waals surface area contributed by atoms with Crippen molar-refractivity contribution in [2.24, 2.45) is 17.8 Å². The van der Waals surface area contributed by atoms with E-state index in [9.17, 15) is 4.79 Å². The molecule has 1 fully saturated rings. The number of carbonyl (C=O) groups is 1. The second-order valence-electron chi connectivity index (χ2n) is 5.48. The molecule has 2 aliphatic rings. The average Bonchev–Trinajstić information content (AvgIpc) is 3.03. The van der Waals surface area contributed by atoms with Crippen LogP contribution in [0.2, 0.25) is 5.02 Å². The number of anilines is 1. The molecule has 2 atom stereocenters. The molecule has 1 amide bonds. The molecule has 2 nitrogen and oxygen atoms in total. The number of hydrogen-bond acceptors (Lipinski definition) is 1. The molecule has 3 rings (SSSR count). The standard InChI is InChI=1S/C16H18ClNO/c17-11-7-9-12(10-8-11)18-16(19)15-13-5-3-1-2-4-6-14(13)15/h1-2,7-10,13-15H,3-6H2,(H,18,19)/b2-1+/t13-,14-/m0/s1. The van der Waals surface area contributed by atoms with Gasteiger partial charge in [0.1, 0.15) is 0 Å². The summed E-state index contributed by atoms with van der Waals surface area (Å²) in [7, 11) is 0. The molecule has 1 aromatic rings. The van der Waals surface area contributed by atoms with Gasteiger partial charge in [0, 0.05) is 16.6 Å². The Balaban J connectivity index is 1.61. The fourth-order valence-electron chi connectivity index (χ4n) is 3.19. The van der Waals surface area contributed by atoms with E-state index in [0.717, 1.165) is 31.4 Å². The molecule has 0 unspecified atom stereocenters. The van der Waals surface area contributed by atoms with E-state index in [0.29, 0.717) is 16.9 Å². The van der Waals surface area contributed by atoms with E-state index in [4.69, 9.17) is 11.6 Å². The third kappa shape index (κ3) is 2.84. The Morgan fingerprint density at radius 2 is 1.63 bits per heavy atom. The SMILES string of the molecule is O=C(Nc1ccc(Cl)cc1)C1[C@H]2CC/C=C/CC[C@H]12. The lowest BCUT2D eigenvalue weighted by molar-refractivity contribution is -0.117. The molecular formula is C16H18ClNO. The van der Waals surface area contributed by atoms with Crippen LogP contribution in [0.4, 0.5) is 5.69 Å². The van der Waals surface area contributed by atoms with Crippen LogP contribution in [0.1, 0.15) is 25.7 Å². The van der Waals surface area contributed by atoms with Crippen molar-refractivity contribution in [3.8, 4) is 0 Å². The van der Waals surface area contributed by atoms with Gasteiger partial charge >= 0.3 is 0 Å². The fraction of sp³-hybridized carbons (Fsp3) is 0.438. The van der Waals surface area contributed by atoms with Crippen LogP contribution in [0, 0.1) is 17.8 Å². The van der Waals surface area contributed by atoms with Gasteiger partial charge in [0.2, 0.25) is 5.91 Å². The summed E-state index contributed by atoms with van der Waals surface area (Å²) in [5.41, 5.74) is 0.840. The Hall–Kier alpha value is -1.28. The quantitative estimate of drug-likeness (QED) is 0.803. The number of halogens is 1. The number of nitrogens with one attached hydrogen (secondary N) is 1. The summed E-state index contributed by atoms with van der Waals surface area (Å²) in [5.74, 6) is 1.59. The molecular weight excluding hydrogens is 258 g/mol. The number of benzene rings is 1. The van der Waals surface area contributed by atoms with Crippen molar-refractivity contribution in [1.29, 1.82) is 0 Å². The molecule has 100 valence electrons. The summed E-state index contributed by atoms with van der Waals surface area (Å²) >= 11 is 5.84. The fourth-order valence-corrected chi connectivity index (χ4v) is 3.32. The maximum Gasteiger partial charge on any atom is 0.228 e. The minimum absolute atomic E-state index is 0.180. The molecule has 2 aliphatic carbocycles. The first-order valence-corrected chi connectivity index (χ1v) is 7.35. The molecule has 0 heterocycles. The van der Waals surface area contributed by atoms with Gasteiger partial charge in [-0.3, -0.25) is 4.79 Å². The first-order chi connectivity index (χ1) is 9.25. The molecule has 0 spiro atoms. The first kappa shape index (κ1) is 12.7. The van der Waals surface area contributed by atoms with Crippen molar-refractivity contribution in [3.05, 3.63) is 41.4 Å². The van der Waals surface area contributed by atoms with Gasteiger partial charge in [-0.25, -0.2) is 0 Å². The highest BCUT2D eigenvalue weighted by molar-refractivity contribution is 6.30. The number of amides is 1. The van der Waals surface area contributed by atoms with E-state index in [2.05, 4.69) is 17.5 Å². The van der Waals surface area contributed by atoms with Crippen LogP contribution in [0.25, 0.3) is 0 Å². The zero-order valence-corrected chi connectivity index (χ0v) is 11.6. The van der Waals surface area contributed by atoms with E-state index in [1.165, 1.54) is 0 Å². The van der Waals surface area contributed by atoms with Crippen LogP contribution in [0.5, 0.6) is 0 Å². The minimum atomic E-state index is 0.180. The number of carbonyl (C=O) groups excluding carboxylic acids is 1. The van der Waals surface area contributed by atoms with Crippen molar-refractivity contribution < 1.29 is 4.79 Å². The predicted octanol–water partition coefficient (Wildman–Crippen LogP) is 4.27. The highest BCUT2D eigenvalue weighted by Gasteiger charge is 2.53. The number of rotatable bonds is 2. The maximum absolute atomic E-state index is 12.3. The average molecular weight is 276 g/mol. The Labute approximate surface area is 118 Å². The minimum Gasteiger partial charge on any atom is -0.326 e. The second kappa shape index (κ2) is 5.38. The van der Waals surface area contributed by atoms with E-state index >= 15 is 0 Å². The van der Waals surface area contributed by atoms with Crippen LogP contribution in [0.15, 0.2) is 36.4 Å². The lowest BCUT2D eigenvalue weighted by Crippen LogP contribution is -2.15. The normalized spacial score (nSPS) is 30.7. The topological polar surface area (TPSA) is 29.1 Å². The van der Waals surface area contributed by atoms with E-state index < -0.39 is 0 Å². The summed E-state index contributed by atoms with van der Waals surface area (Å²) in [6.45, 7) is 0. The zero-order chi connectivity index (χ0) is 13.2. The zero-order valence-electron chi connectivity index (χ0n) is 10.8. The third-order valence-electron chi connectivity index (χ3n) is 4.25. The van der Waals surface area contributed by atoms with Crippen molar-refractivity contribution in [2.45, 2.75) is 25.7 Å².